The summed E-state index contributed by atoms with van der Waals surface area (Å²) in [7, 11) is 0. The Balaban J connectivity index is 2.30. The van der Waals surface area contributed by atoms with E-state index < -0.39 is 0 Å². The minimum absolute atomic E-state index is 0.0143. The first-order chi connectivity index (χ1) is 5.24. The van der Waals surface area contributed by atoms with Gasteiger partial charge in [-0.25, -0.2) is 0 Å². The van der Waals surface area contributed by atoms with E-state index in [0.717, 1.165) is 31.8 Å². The van der Waals surface area contributed by atoms with E-state index in [9.17, 15) is 4.79 Å². The number of carbonyl (C=O) groups excluding carboxylic acids is 1. The number of amides is 1. The van der Waals surface area contributed by atoms with Crippen molar-refractivity contribution in [2.45, 2.75) is 26.2 Å². The Bertz CT molecular complexity index is 136. The van der Waals surface area contributed by atoms with E-state index in [1.807, 2.05) is 4.90 Å². The van der Waals surface area contributed by atoms with Gasteiger partial charge in [0, 0.05) is 20.0 Å². The van der Waals surface area contributed by atoms with Crippen LogP contribution in [0.3, 0.4) is 0 Å². The van der Waals surface area contributed by atoms with Crippen LogP contribution in [0.4, 0.5) is 0 Å². The minimum Gasteiger partial charge on any atom is -0.343 e. The highest BCUT2D eigenvalue weighted by molar-refractivity contribution is 5.80. The molecule has 1 saturated heterocycles. The second kappa shape index (κ2) is 3.74. The zero-order chi connectivity index (χ0) is 8.27. The molecule has 1 aliphatic rings. The predicted octanol–water partition coefficient (Wildman–Crippen LogP) is 1.47. The molecule has 0 unspecified atom stereocenters. The van der Waals surface area contributed by atoms with Crippen LogP contribution in [0.15, 0.2) is 0 Å². The van der Waals surface area contributed by atoms with Crippen LogP contribution >= 0.6 is 0 Å². The molecule has 1 aliphatic heterocycles. The Kier molecular flexibility index (Phi) is 2.92. The molecule has 2 heteroatoms. The fourth-order valence-electron chi connectivity index (χ4n) is 1.59. The summed E-state index contributed by atoms with van der Waals surface area (Å²) in [4.78, 5) is 12.6. The Morgan fingerprint density at radius 1 is 1.55 bits per heavy atom. The first kappa shape index (κ1) is 8.57. The molecule has 0 N–H and O–H groups in total. The predicted molar refractivity (Wildman–Crippen MR) is 45.0 cm³/mol. The molecular weight excluding hydrogens is 138 g/mol. The molecule has 0 saturated carbocycles. The Labute approximate surface area is 68.6 Å². The number of hydrogen-bond donors (Lipinski definition) is 0. The number of hydrogen-bond acceptors (Lipinski definition) is 1. The third-order valence-electron chi connectivity index (χ3n) is 2.54. The maximum Gasteiger partial charge on any atom is 0.223 e. The maximum absolute atomic E-state index is 10.8. The molecule has 0 aromatic heterocycles. The monoisotopic (exact) mass is 154 g/mol. The van der Waals surface area contributed by atoms with Crippen molar-refractivity contribution in [3.05, 3.63) is 6.92 Å². The van der Waals surface area contributed by atoms with Gasteiger partial charge < -0.3 is 4.90 Å². The van der Waals surface area contributed by atoms with Crippen molar-refractivity contribution >= 4 is 5.91 Å². The van der Waals surface area contributed by atoms with Crippen molar-refractivity contribution in [3.63, 3.8) is 0 Å². The van der Waals surface area contributed by atoms with Gasteiger partial charge in [-0.2, -0.15) is 0 Å². The number of rotatable bonds is 1. The lowest BCUT2D eigenvalue weighted by Crippen LogP contribution is -2.36. The summed E-state index contributed by atoms with van der Waals surface area (Å²) in [6.07, 6.45) is 3.58. The molecule has 0 aliphatic carbocycles. The maximum atomic E-state index is 10.8. The summed E-state index contributed by atoms with van der Waals surface area (Å²) >= 11 is 0. The fraction of sp³-hybridized carbons (Fsp3) is 0.778. The molecule has 1 heterocycles. The van der Waals surface area contributed by atoms with Crippen LogP contribution in [0.2, 0.25) is 0 Å². The molecule has 1 radical (unpaired) electrons. The summed E-state index contributed by atoms with van der Waals surface area (Å²) in [5.41, 5.74) is 0. The number of carbonyl (C=O) groups is 1. The largest absolute Gasteiger partial charge is 0.343 e. The summed E-state index contributed by atoms with van der Waals surface area (Å²) in [6, 6.07) is 0. The van der Waals surface area contributed by atoms with Gasteiger partial charge in [0.1, 0.15) is 0 Å². The molecule has 0 bridgehead atoms. The molecule has 0 aromatic rings. The van der Waals surface area contributed by atoms with Crippen molar-refractivity contribution in [1.82, 2.24) is 4.90 Å². The van der Waals surface area contributed by atoms with Gasteiger partial charge in [0.15, 0.2) is 0 Å². The van der Waals surface area contributed by atoms with Gasteiger partial charge in [-0.1, -0.05) is 13.3 Å². The lowest BCUT2D eigenvalue weighted by molar-refractivity contribution is -0.127. The first-order valence-corrected chi connectivity index (χ1v) is 4.35. The van der Waals surface area contributed by atoms with Crippen molar-refractivity contribution < 1.29 is 4.79 Å². The van der Waals surface area contributed by atoms with Crippen molar-refractivity contribution in [3.8, 4) is 0 Å². The highest BCUT2D eigenvalue weighted by Crippen LogP contribution is 2.19. The Morgan fingerprint density at radius 3 is 2.45 bits per heavy atom. The molecule has 11 heavy (non-hydrogen) atoms. The van der Waals surface area contributed by atoms with Gasteiger partial charge in [-0.05, 0) is 18.8 Å². The van der Waals surface area contributed by atoms with Crippen LogP contribution < -0.4 is 0 Å². The second-order valence-corrected chi connectivity index (χ2v) is 3.23. The normalized spacial score (nSPS) is 20.4. The van der Waals surface area contributed by atoms with Gasteiger partial charge >= 0.3 is 0 Å². The number of likely N-dealkylation sites (tertiary alicyclic amines) is 1. The van der Waals surface area contributed by atoms with E-state index >= 15 is 0 Å². The average Bonchev–Trinajstić information content (AvgIpc) is 2.05. The van der Waals surface area contributed by atoms with E-state index in [0.29, 0.717) is 0 Å². The summed E-state index contributed by atoms with van der Waals surface area (Å²) in [5.74, 6) is 0.824. The first-order valence-electron chi connectivity index (χ1n) is 4.35. The van der Waals surface area contributed by atoms with Crippen LogP contribution in [-0.2, 0) is 4.79 Å². The van der Waals surface area contributed by atoms with Crippen LogP contribution in [-0.4, -0.2) is 23.9 Å². The highest BCUT2D eigenvalue weighted by Gasteiger charge is 2.18. The smallest absolute Gasteiger partial charge is 0.223 e. The van der Waals surface area contributed by atoms with Crippen LogP contribution in [0, 0.1) is 12.8 Å². The summed E-state index contributed by atoms with van der Waals surface area (Å²) in [5, 5.41) is 0. The minimum atomic E-state index is -0.0143. The standard InChI is InChI=1S/C9H16NO/c1-3-9-4-6-10(7-5-9)8(2)11/h9H,2-7H2,1H3. The van der Waals surface area contributed by atoms with Gasteiger partial charge in [-0.3, -0.25) is 4.79 Å². The van der Waals surface area contributed by atoms with Gasteiger partial charge in [0.2, 0.25) is 5.91 Å². The molecular formula is C9H16NO. The average molecular weight is 154 g/mol. The highest BCUT2D eigenvalue weighted by atomic mass is 16.2. The van der Waals surface area contributed by atoms with Crippen molar-refractivity contribution in [2.75, 3.05) is 13.1 Å². The molecule has 0 aromatic carbocycles. The quantitative estimate of drug-likeness (QED) is 0.560. The van der Waals surface area contributed by atoms with E-state index in [1.54, 1.807) is 0 Å². The number of piperidine rings is 1. The molecule has 1 fully saturated rings. The van der Waals surface area contributed by atoms with Gasteiger partial charge in [-0.15, -0.1) is 0 Å². The lowest BCUT2D eigenvalue weighted by atomic mass is 9.94. The van der Waals surface area contributed by atoms with Crippen LogP contribution in [0.1, 0.15) is 26.2 Å². The lowest BCUT2D eigenvalue weighted by Gasteiger charge is -2.30. The molecule has 1 rings (SSSR count). The zero-order valence-electron chi connectivity index (χ0n) is 7.18. The Hall–Kier alpha value is -0.530. The van der Waals surface area contributed by atoms with Crippen molar-refractivity contribution in [2.24, 2.45) is 5.92 Å². The van der Waals surface area contributed by atoms with Gasteiger partial charge in [0.05, 0.1) is 0 Å². The van der Waals surface area contributed by atoms with Crippen molar-refractivity contribution in [1.29, 1.82) is 0 Å². The Morgan fingerprint density at radius 2 is 2.09 bits per heavy atom. The molecule has 63 valence electrons. The fourth-order valence-corrected chi connectivity index (χ4v) is 1.59. The SMILES string of the molecule is [CH2]C(=O)N1CCC(CC)CC1. The third-order valence-corrected chi connectivity index (χ3v) is 2.54. The zero-order valence-corrected chi connectivity index (χ0v) is 7.18. The molecule has 2 nitrogen and oxygen atoms in total. The molecule has 1 amide bonds. The topological polar surface area (TPSA) is 20.3 Å². The van der Waals surface area contributed by atoms with Crippen LogP contribution in [0.25, 0.3) is 0 Å². The molecule has 0 spiro atoms. The van der Waals surface area contributed by atoms with E-state index in [-0.39, 0.29) is 5.91 Å². The third kappa shape index (κ3) is 2.21. The van der Waals surface area contributed by atoms with Crippen LogP contribution in [0.5, 0.6) is 0 Å². The van der Waals surface area contributed by atoms with E-state index in [4.69, 9.17) is 0 Å². The molecule has 0 atom stereocenters. The van der Waals surface area contributed by atoms with E-state index in [2.05, 4.69) is 13.8 Å². The summed E-state index contributed by atoms with van der Waals surface area (Å²) in [6.45, 7) is 7.45. The van der Waals surface area contributed by atoms with E-state index in [1.165, 1.54) is 6.42 Å². The van der Waals surface area contributed by atoms with Gasteiger partial charge in [0.25, 0.3) is 0 Å². The number of nitrogens with zero attached hydrogens (tertiary/aromatic N) is 1. The second-order valence-electron chi connectivity index (χ2n) is 3.23. The summed E-state index contributed by atoms with van der Waals surface area (Å²) < 4.78 is 0.